The minimum Gasteiger partial charge on any atom is -0.504 e. The molecule has 1 heterocycles. The highest BCUT2D eigenvalue weighted by molar-refractivity contribution is 5.65. The summed E-state index contributed by atoms with van der Waals surface area (Å²) >= 11 is 0. The number of phenolic OH excluding ortho intramolecular Hbond substituents is 2. The molecule has 0 amide bonds. The van der Waals surface area contributed by atoms with E-state index in [1.807, 2.05) is 66.7 Å². The van der Waals surface area contributed by atoms with Crippen LogP contribution in [0.2, 0.25) is 0 Å². The second-order valence-corrected chi connectivity index (χ2v) is 7.25. The predicted octanol–water partition coefficient (Wildman–Crippen LogP) is 6.88. The first-order chi connectivity index (χ1) is 15.7. The van der Waals surface area contributed by atoms with Gasteiger partial charge in [0.15, 0.2) is 17.3 Å². The SMILES string of the molecule is Oc1ccc(-c2ncc(-c3ccc(Oc4ccc(-c5ccccc5)cc4)cc3)o2)cc1O. The Balaban J connectivity index is 1.29. The highest BCUT2D eigenvalue weighted by Crippen LogP contribution is 2.33. The molecule has 4 aromatic carbocycles. The lowest BCUT2D eigenvalue weighted by Crippen LogP contribution is -1.85. The van der Waals surface area contributed by atoms with E-state index in [-0.39, 0.29) is 11.5 Å². The Bertz CT molecular complexity index is 1340. The van der Waals surface area contributed by atoms with E-state index in [0.29, 0.717) is 23.0 Å². The molecule has 156 valence electrons. The standard InChI is InChI=1S/C27H19NO4/c29-24-15-10-21(16-25(24)30)27-28-17-26(32-27)20-8-13-23(14-9-20)31-22-11-6-19(7-12-22)18-4-2-1-3-5-18/h1-17,29-30H. The molecule has 0 aliphatic carbocycles. The molecule has 0 fully saturated rings. The van der Waals surface area contributed by atoms with Crippen LogP contribution in [-0.4, -0.2) is 15.2 Å². The summed E-state index contributed by atoms with van der Waals surface area (Å²) in [6.45, 7) is 0. The van der Waals surface area contributed by atoms with Crippen LogP contribution in [0.1, 0.15) is 0 Å². The van der Waals surface area contributed by atoms with Gasteiger partial charge in [-0.3, -0.25) is 0 Å². The fourth-order valence-corrected chi connectivity index (χ4v) is 3.37. The number of aromatic hydroxyl groups is 2. The van der Waals surface area contributed by atoms with Crippen molar-refractivity contribution >= 4 is 0 Å². The van der Waals surface area contributed by atoms with Crippen molar-refractivity contribution in [3.63, 3.8) is 0 Å². The maximum Gasteiger partial charge on any atom is 0.226 e. The molecular weight excluding hydrogens is 402 g/mol. The average molecular weight is 421 g/mol. The van der Waals surface area contributed by atoms with Crippen LogP contribution in [-0.2, 0) is 0 Å². The lowest BCUT2D eigenvalue weighted by Gasteiger charge is -2.07. The topological polar surface area (TPSA) is 75.7 Å². The van der Waals surface area contributed by atoms with Crippen molar-refractivity contribution < 1.29 is 19.4 Å². The van der Waals surface area contributed by atoms with E-state index in [0.717, 1.165) is 22.4 Å². The average Bonchev–Trinajstić information content (AvgIpc) is 3.33. The zero-order valence-electron chi connectivity index (χ0n) is 17.0. The molecule has 5 nitrogen and oxygen atoms in total. The van der Waals surface area contributed by atoms with Gasteiger partial charge < -0.3 is 19.4 Å². The number of phenols is 2. The molecular formula is C27H19NO4. The van der Waals surface area contributed by atoms with Gasteiger partial charge in [0.1, 0.15) is 11.5 Å². The molecule has 0 radical (unpaired) electrons. The molecule has 5 rings (SSSR count). The molecule has 0 aliphatic heterocycles. The summed E-state index contributed by atoms with van der Waals surface area (Å²) in [6, 6.07) is 30.1. The molecule has 32 heavy (non-hydrogen) atoms. The van der Waals surface area contributed by atoms with Crippen molar-refractivity contribution in [1.82, 2.24) is 4.98 Å². The number of benzene rings is 4. The Morgan fingerprint density at radius 3 is 1.84 bits per heavy atom. The first kappa shape index (κ1) is 19.5. The first-order valence-electron chi connectivity index (χ1n) is 10.1. The van der Waals surface area contributed by atoms with E-state index in [2.05, 4.69) is 17.1 Å². The second kappa shape index (κ2) is 8.32. The van der Waals surface area contributed by atoms with Crippen LogP contribution in [0, 0.1) is 0 Å². The number of nitrogens with zero attached hydrogens (tertiary/aromatic N) is 1. The number of hydrogen-bond acceptors (Lipinski definition) is 5. The zero-order valence-corrected chi connectivity index (χ0v) is 17.0. The highest BCUT2D eigenvalue weighted by atomic mass is 16.5. The van der Waals surface area contributed by atoms with Gasteiger partial charge in [-0.1, -0.05) is 42.5 Å². The molecule has 0 atom stereocenters. The minimum atomic E-state index is -0.222. The third-order valence-electron chi connectivity index (χ3n) is 5.06. The Hall–Kier alpha value is -4.51. The van der Waals surface area contributed by atoms with Gasteiger partial charge in [-0.2, -0.15) is 0 Å². The Morgan fingerprint density at radius 1 is 0.594 bits per heavy atom. The Morgan fingerprint density at radius 2 is 1.19 bits per heavy atom. The van der Waals surface area contributed by atoms with E-state index < -0.39 is 0 Å². The molecule has 0 saturated heterocycles. The quantitative estimate of drug-likeness (QED) is 0.303. The molecule has 5 aromatic rings. The Kier molecular flexibility index (Phi) is 5.06. The molecule has 0 bridgehead atoms. The van der Waals surface area contributed by atoms with Crippen LogP contribution in [0.4, 0.5) is 0 Å². The fraction of sp³-hybridized carbons (Fsp3) is 0. The number of ether oxygens (including phenoxy) is 1. The monoisotopic (exact) mass is 421 g/mol. The number of rotatable bonds is 5. The number of hydrogen-bond donors (Lipinski definition) is 2. The summed E-state index contributed by atoms with van der Waals surface area (Å²) in [6.07, 6.45) is 1.62. The highest BCUT2D eigenvalue weighted by Gasteiger charge is 2.11. The normalized spacial score (nSPS) is 10.8. The van der Waals surface area contributed by atoms with E-state index >= 15 is 0 Å². The van der Waals surface area contributed by atoms with Gasteiger partial charge in [0.25, 0.3) is 0 Å². The summed E-state index contributed by atoms with van der Waals surface area (Å²) < 4.78 is 11.8. The van der Waals surface area contributed by atoms with Gasteiger partial charge in [0.2, 0.25) is 5.89 Å². The largest absolute Gasteiger partial charge is 0.504 e. The van der Waals surface area contributed by atoms with Gasteiger partial charge in [0, 0.05) is 11.1 Å². The third-order valence-corrected chi connectivity index (χ3v) is 5.06. The molecule has 0 unspecified atom stereocenters. The lowest BCUT2D eigenvalue weighted by atomic mass is 10.1. The van der Waals surface area contributed by atoms with Crippen LogP contribution in [0.15, 0.2) is 108 Å². The van der Waals surface area contributed by atoms with Crippen molar-refractivity contribution in [2.24, 2.45) is 0 Å². The van der Waals surface area contributed by atoms with Crippen LogP contribution < -0.4 is 4.74 Å². The number of oxazole rings is 1. The van der Waals surface area contributed by atoms with Crippen molar-refractivity contribution in [2.45, 2.75) is 0 Å². The summed E-state index contributed by atoms with van der Waals surface area (Å²) in [5.41, 5.74) is 3.72. The summed E-state index contributed by atoms with van der Waals surface area (Å²) in [7, 11) is 0. The Labute approximate surface area is 184 Å². The molecule has 0 spiro atoms. The van der Waals surface area contributed by atoms with Gasteiger partial charge in [-0.15, -0.1) is 0 Å². The van der Waals surface area contributed by atoms with Crippen molar-refractivity contribution in [3.05, 3.63) is 103 Å². The molecule has 5 heteroatoms. The van der Waals surface area contributed by atoms with Crippen molar-refractivity contribution in [2.75, 3.05) is 0 Å². The van der Waals surface area contributed by atoms with E-state index in [1.165, 1.54) is 12.1 Å². The molecule has 0 aliphatic rings. The zero-order chi connectivity index (χ0) is 21.9. The molecule has 0 saturated carbocycles. The minimum absolute atomic E-state index is 0.189. The van der Waals surface area contributed by atoms with Crippen molar-refractivity contribution in [3.8, 4) is 56.9 Å². The third kappa shape index (κ3) is 4.04. The van der Waals surface area contributed by atoms with Gasteiger partial charge in [-0.05, 0) is 65.7 Å². The summed E-state index contributed by atoms with van der Waals surface area (Å²) in [5.74, 6) is 2.00. The van der Waals surface area contributed by atoms with Crippen molar-refractivity contribution in [1.29, 1.82) is 0 Å². The van der Waals surface area contributed by atoms with Crippen LogP contribution in [0.25, 0.3) is 33.9 Å². The van der Waals surface area contributed by atoms with Gasteiger partial charge >= 0.3 is 0 Å². The van der Waals surface area contributed by atoms with E-state index in [9.17, 15) is 10.2 Å². The lowest BCUT2D eigenvalue weighted by molar-refractivity contribution is 0.404. The molecule has 1 aromatic heterocycles. The van der Waals surface area contributed by atoms with Crippen LogP contribution >= 0.6 is 0 Å². The maximum atomic E-state index is 9.68. The fourth-order valence-electron chi connectivity index (χ4n) is 3.37. The second-order valence-electron chi connectivity index (χ2n) is 7.25. The summed E-state index contributed by atoms with van der Waals surface area (Å²) in [5, 5.41) is 19.1. The van der Waals surface area contributed by atoms with E-state index in [4.69, 9.17) is 9.15 Å². The molecule has 2 N–H and O–H groups in total. The van der Waals surface area contributed by atoms with Gasteiger partial charge in [0.05, 0.1) is 6.20 Å². The predicted molar refractivity (Wildman–Crippen MR) is 123 cm³/mol. The van der Waals surface area contributed by atoms with Crippen LogP contribution in [0.3, 0.4) is 0 Å². The van der Waals surface area contributed by atoms with E-state index in [1.54, 1.807) is 12.3 Å². The smallest absolute Gasteiger partial charge is 0.226 e. The summed E-state index contributed by atoms with van der Waals surface area (Å²) in [4.78, 5) is 4.27. The van der Waals surface area contributed by atoms with Crippen LogP contribution in [0.5, 0.6) is 23.0 Å². The number of aromatic nitrogens is 1. The van der Waals surface area contributed by atoms with Gasteiger partial charge in [-0.25, -0.2) is 4.98 Å². The maximum absolute atomic E-state index is 9.68. The first-order valence-corrected chi connectivity index (χ1v) is 10.1.